The predicted octanol–water partition coefficient (Wildman–Crippen LogP) is 3.05. The molecule has 1 saturated heterocycles. The molecule has 3 unspecified atom stereocenters. The largest absolute Gasteiger partial charge is 0.466 e. The van der Waals surface area contributed by atoms with Gasteiger partial charge in [-0.25, -0.2) is 0 Å². The molecule has 5 heteroatoms. The number of ether oxygens (including phenoxy) is 1. The van der Waals surface area contributed by atoms with E-state index in [0.29, 0.717) is 37.2 Å². The van der Waals surface area contributed by atoms with Crippen molar-refractivity contribution in [2.75, 3.05) is 6.61 Å². The van der Waals surface area contributed by atoms with Gasteiger partial charge < -0.3 is 15.2 Å². The van der Waals surface area contributed by atoms with Crippen LogP contribution in [0.15, 0.2) is 0 Å². The van der Waals surface area contributed by atoms with Crippen molar-refractivity contribution in [3.05, 3.63) is 0 Å². The van der Waals surface area contributed by atoms with Crippen molar-refractivity contribution in [3.63, 3.8) is 0 Å². The first-order valence-corrected chi connectivity index (χ1v) is 10.9. The smallest absolute Gasteiger partial charge is 0.306 e. The first kappa shape index (κ1) is 19.2. The average molecular weight is 378 g/mol. The number of nitrogens with one attached hydrogen (secondary N) is 1. The second-order valence-corrected chi connectivity index (χ2v) is 10.1. The molecule has 0 bridgehead atoms. The highest BCUT2D eigenvalue weighted by molar-refractivity contribution is 5.77. The fourth-order valence-electron chi connectivity index (χ4n) is 7.47. The number of rotatable bonds is 3. The quantitative estimate of drug-likeness (QED) is 0.741. The number of carbonyl (C=O) groups excluding carboxylic acids is 2. The molecular weight excluding hydrogens is 342 g/mol. The lowest BCUT2D eigenvalue weighted by Gasteiger charge is -2.62. The van der Waals surface area contributed by atoms with Gasteiger partial charge in [-0.3, -0.25) is 9.59 Å². The topological polar surface area (TPSA) is 75.6 Å². The van der Waals surface area contributed by atoms with E-state index in [9.17, 15) is 14.7 Å². The van der Waals surface area contributed by atoms with E-state index in [1.54, 1.807) is 0 Å². The van der Waals surface area contributed by atoms with E-state index in [1.165, 1.54) is 0 Å². The highest BCUT2D eigenvalue weighted by atomic mass is 16.5. The van der Waals surface area contributed by atoms with E-state index in [1.807, 2.05) is 6.92 Å². The fraction of sp³-hybridized carbons (Fsp3) is 0.909. The number of piperidine rings is 1. The van der Waals surface area contributed by atoms with Crippen LogP contribution in [0.5, 0.6) is 0 Å². The Morgan fingerprint density at radius 3 is 2.67 bits per heavy atom. The van der Waals surface area contributed by atoms with Gasteiger partial charge in [-0.15, -0.1) is 0 Å². The summed E-state index contributed by atoms with van der Waals surface area (Å²) < 4.78 is 5.29. The molecule has 5 nitrogen and oxygen atoms in total. The van der Waals surface area contributed by atoms with Crippen LogP contribution in [0.4, 0.5) is 0 Å². The number of aliphatic hydroxyl groups is 1. The second kappa shape index (κ2) is 6.75. The SMILES string of the molecule is CCOC(=O)CC1CC2NC(=O)CC[C@]2(C)[C@@H]2CC[C@]3(C)C(O)CC[C@H]3[C@H]12. The molecule has 0 aromatic rings. The fourth-order valence-corrected chi connectivity index (χ4v) is 7.47. The molecule has 3 saturated carbocycles. The summed E-state index contributed by atoms with van der Waals surface area (Å²) in [4.78, 5) is 24.5. The zero-order chi connectivity index (χ0) is 19.4. The Balaban J connectivity index is 1.68. The van der Waals surface area contributed by atoms with Crippen LogP contribution in [0.25, 0.3) is 0 Å². The minimum Gasteiger partial charge on any atom is -0.466 e. The number of esters is 1. The van der Waals surface area contributed by atoms with Gasteiger partial charge in [0.15, 0.2) is 0 Å². The van der Waals surface area contributed by atoms with Gasteiger partial charge >= 0.3 is 5.97 Å². The minimum atomic E-state index is -0.219. The Labute approximate surface area is 162 Å². The molecule has 27 heavy (non-hydrogen) atoms. The summed E-state index contributed by atoms with van der Waals surface area (Å²) in [5, 5.41) is 14.0. The summed E-state index contributed by atoms with van der Waals surface area (Å²) in [5.41, 5.74) is 0.0911. The van der Waals surface area contributed by atoms with E-state index >= 15 is 0 Å². The molecule has 0 radical (unpaired) electrons. The first-order valence-electron chi connectivity index (χ1n) is 10.9. The number of aliphatic hydroxyl groups excluding tert-OH is 1. The van der Waals surface area contributed by atoms with E-state index in [0.717, 1.165) is 38.5 Å². The van der Waals surface area contributed by atoms with E-state index in [2.05, 4.69) is 19.2 Å². The molecule has 4 fully saturated rings. The zero-order valence-corrected chi connectivity index (χ0v) is 17.0. The van der Waals surface area contributed by atoms with Crippen LogP contribution < -0.4 is 5.32 Å². The maximum absolute atomic E-state index is 12.4. The number of hydrogen-bond acceptors (Lipinski definition) is 4. The summed E-state index contributed by atoms with van der Waals surface area (Å²) in [6.45, 7) is 6.90. The van der Waals surface area contributed by atoms with Crippen molar-refractivity contribution in [2.45, 2.75) is 84.3 Å². The molecule has 0 aromatic carbocycles. The highest BCUT2D eigenvalue weighted by Crippen LogP contribution is 2.65. The standard InChI is InChI=1S/C22H35NO4/c1-4-27-19(26)12-13-11-16-21(2,10-8-18(25)23-16)15-7-9-22(3)14(20(13)15)5-6-17(22)24/h13-17,20,24H,4-12H2,1-3H3,(H,23,25)/t13?,14-,15+,16?,17?,20-,21+,22-/m0/s1. The number of hydrogen-bond donors (Lipinski definition) is 2. The van der Waals surface area contributed by atoms with Gasteiger partial charge in [0.25, 0.3) is 0 Å². The Morgan fingerprint density at radius 1 is 1.19 bits per heavy atom. The lowest BCUT2D eigenvalue weighted by molar-refractivity contribution is -0.158. The van der Waals surface area contributed by atoms with Gasteiger partial charge in [-0.1, -0.05) is 13.8 Å². The van der Waals surface area contributed by atoms with Crippen LogP contribution in [-0.2, 0) is 14.3 Å². The normalized spacial score (nSPS) is 48.8. The molecule has 0 spiro atoms. The minimum absolute atomic E-state index is 0.0187. The van der Waals surface area contributed by atoms with Crippen molar-refractivity contribution in [1.29, 1.82) is 0 Å². The molecule has 1 aliphatic heterocycles. The van der Waals surface area contributed by atoms with Gasteiger partial charge in [-0.2, -0.15) is 0 Å². The van der Waals surface area contributed by atoms with Crippen LogP contribution in [-0.4, -0.2) is 35.7 Å². The van der Waals surface area contributed by atoms with Gasteiger partial charge in [0.05, 0.1) is 12.7 Å². The first-order chi connectivity index (χ1) is 12.8. The molecule has 0 aromatic heterocycles. The molecule has 1 amide bonds. The molecule has 1 heterocycles. The molecule has 4 aliphatic rings. The van der Waals surface area contributed by atoms with Gasteiger partial charge in [-0.05, 0) is 80.0 Å². The molecule has 4 rings (SSSR count). The van der Waals surface area contributed by atoms with E-state index in [-0.39, 0.29) is 40.8 Å². The van der Waals surface area contributed by atoms with Crippen LogP contribution in [0.3, 0.4) is 0 Å². The monoisotopic (exact) mass is 377 g/mol. The number of fused-ring (bicyclic) bond motifs is 5. The Bertz CT molecular complexity index is 621. The summed E-state index contributed by atoms with van der Waals surface area (Å²) in [6, 6.07) is 0.162. The van der Waals surface area contributed by atoms with Crippen molar-refractivity contribution < 1.29 is 19.4 Å². The third-order valence-electron chi connectivity index (χ3n) is 8.97. The lowest BCUT2D eigenvalue weighted by Crippen LogP contribution is -2.63. The van der Waals surface area contributed by atoms with E-state index < -0.39 is 0 Å². The van der Waals surface area contributed by atoms with Crippen LogP contribution in [0.1, 0.15) is 72.1 Å². The molecule has 152 valence electrons. The Morgan fingerprint density at radius 2 is 1.93 bits per heavy atom. The average Bonchev–Trinajstić information content (AvgIpc) is 2.92. The van der Waals surface area contributed by atoms with Gasteiger partial charge in [0, 0.05) is 18.9 Å². The van der Waals surface area contributed by atoms with E-state index in [4.69, 9.17) is 4.74 Å². The van der Waals surface area contributed by atoms with Crippen molar-refractivity contribution in [3.8, 4) is 0 Å². The summed E-state index contributed by atoms with van der Waals surface area (Å²) in [6.07, 6.45) is 6.75. The Hall–Kier alpha value is -1.10. The molecule has 3 aliphatic carbocycles. The van der Waals surface area contributed by atoms with Crippen LogP contribution >= 0.6 is 0 Å². The lowest BCUT2D eigenvalue weighted by atomic mass is 9.45. The Kier molecular flexibility index (Phi) is 4.81. The van der Waals surface area contributed by atoms with Crippen molar-refractivity contribution >= 4 is 11.9 Å². The number of amides is 1. The highest BCUT2D eigenvalue weighted by Gasteiger charge is 2.62. The summed E-state index contributed by atoms with van der Waals surface area (Å²) in [7, 11) is 0. The molecule has 2 N–H and O–H groups in total. The summed E-state index contributed by atoms with van der Waals surface area (Å²) >= 11 is 0. The van der Waals surface area contributed by atoms with Crippen molar-refractivity contribution in [1.82, 2.24) is 5.32 Å². The second-order valence-electron chi connectivity index (χ2n) is 10.1. The predicted molar refractivity (Wildman–Crippen MR) is 102 cm³/mol. The van der Waals surface area contributed by atoms with Gasteiger partial charge in [0.2, 0.25) is 5.91 Å². The maximum atomic E-state index is 12.4. The summed E-state index contributed by atoms with van der Waals surface area (Å²) in [5.74, 6) is 1.71. The third-order valence-corrected chi connectivity index (χ3v) is 8.97. The van der Waals surface area contributed by atoms with Crippen molar-refractivity contribution in [2.24, 2.45) is 34.5 Å². The van der Waals surface area contributed by atoms with Crippen LogP contribution in [0.2, 0.25) is 0 Å². The van der Waals surface area contributed by atoms with Crippen LogP contribution in [0, 0.1) is 34.5 Å². The zero-order valence-electron chi connectivity index (χ0n) is 17.0. The molecule has 8 atom stereocenters. The van der Waals surface area contributed by atoms with Gasteiger partial charge in [0.1, 0.15) is 0 Å². The third kappa shape index (κ3) is 2.92. The maximum Gasteiger partial charge on any atom is 0.306 e. The molecular formula is C22H35NO4. The number of carbonyl (C=O) groups is 2.